The lowest BCUT2D eigenvalue weighted by atomic mass is 9.79. The van der Waals surface area contributed by atoms with Crippen LogP contribution in [0.2, 0.25) is 0 Å². The number of piperidine rings is 1. The first-order valence-corrected chi connectivity index (χ1v) is 7.95. The van der Waals surface area contributed by atoms with Gasteiger partial charge in [-0.2, -0.15) is 0 Å². The Morgan fingerprint density at radius 1 is 1.40 bits per heavy atom. The van der Waals surface area contributed by atoms with Crippen molar-refractivity contribution in [1.29, 1.82) is 0 Å². The van der Waals surface area contributed by atoms with Gasteiger partial charge in [0.15, 0.2) is 0 Å². The second kappa shape index (κ2) is 5.47. The van der Waals surface area contributed by atoms with Crippen molar-refractivity contribution in [2.24, 2.45) is 5.73 Å². The van der Waals surface area contributed by atoms with E-state index >= 15 is 0 Å². The van der Waals surface area contributed by atoms with Crippen molar-refractivity contribution in [2.45, 2.75) is 63.7 Å². The van der Waals surface area contributed by atoms with Crippen molar-refractivity contribution in [2.75, 3.05) is 0 Å². The Bertz CT molecular complexity index is 451. The smallest absolute Gasteiger partial charge is 0.242 e. The van der Waals surface area contributed by atoms with Crippen LogP contribution in [0.25, 0.3) is 0 Å². The van der Waals surface area contributed by atoms with Gasteiger partial charge in [0, 0.05) is 22.0 Å². The maximum absolute atomic E-state index is 12.3. The molecule has 20 heavy (non-hydrogen) atoms. The molecule has 0 saturated carbocycles. The molecule has 1 amide bonds. The van der Waals surface area contributed by atoms with Gasteiger partial charge < -0.3 is 16.4 Å². The van der Waals surface area contributed by atoms with Crippen LogP contribution in [-0.2, 0) is 4.79 Å². The molecule has 1 unspecified atom stereocenters. The number of hydrogen-bond acceptors (Lipinski definition) is 4. The number of thiophene rings is 1. The fourth-order valence-electron chi connectivity index (χ4n) is 3.31. The average Bonchev–Trinajstić information content (AvgIpc) is 2.76. The molecule has 1 atom stereocenters. The molecular formula is C15H25N3OS. The van der Waals surface area contributed by atoms with Crippen LogP contribution in [0.3, 0.4) is 0 Å². The highest BCUT2D eigenvalue weighted by Gasteiger charge is 2.38. The molecule has 1 aromatic heterocycles. The summed E-state index contributed by atoms with van der Waals surface area (Å²) in [6, 6.07) is 3.44. The lowest BCUT2D eigenvalue weighted by Crippen LogP contribution is -2.62. The second-order valence-electron chi connectivity index (χ2n) is 7.00. The zero-order valence-electron chi connectivity index (χ0n) is 12.7. The molecule has 0 bridgehead atoms. The van der Waals surface area contributed by atoms with Gasteiger partial charge in [-0.3, -0.25) is 4.79 Å². The maximum Gasteiger partial charge on any atom is 0.242 e. The molecule has 1 saturated heterocycles. The van der Waals surface area contributed by atoms with Gasteiger partial charge >= 0.3 is 0 Å². The van der Waals surface area contributed by atoms with Crippen LogP contribution in [0.15, 0.2) is 17.5 Å². The highest BCUT2D eigenvalue weighted by molar-refractivity contribution is 7.10. The van der Waals surface area contributed by atoms with Gasteiger partial charge in [-0.25, -0.2) is 0 Å². The largest absolute Gasteiger partial charge is 0.352 e. The van der Waals surface area contributed by atoms with Crippen molar-refractivity contribution in [3.8, 4) is 0 Å². The predicted molar refractivity (Wildman–Crippen MR) is 83.7 cm³/mol. The van der Waals surface area contributed by atoms with Crippen molar-refractivity contribution in [1.82, 2.24) is 10.6 Å². The van der Waals surface area contributed by atoms with Crippen LogP contribution in [0.5, 0.6) is 0 Å². The Morgan fingerprint density at radius 2 is 2.00 bits per heavy atom. The molecule has 2 rings (SSSR count). The van der Waals surface area contributed by atoms with Crippen molar-refractivity contribution in [3.63, 3.8) is 0 Å². The fraction of sp³-hybridized carbons (Fsp3) is 0.667. The molecule has 1 aliphatic rings. The number of carbonyl (C=O) groups is 1. The van der Waals surface area contributed by atoms with Crippen LogP contribution in [0.1, 0.15) is 51.5 Å². The fourth-order valence-corrected chi connectivity index (χ4v) is 4.04. The summed E-state index contributed by atoms with van der Waals surface area (Å²) in [5.74, 6) is -0.0778. The highest BCUT2D eigenvalue weighted by atomic mass is 32.1. The number of rotatable bonds is 3. The molecule has 2 heterocycles. The summed E-state index contributed by atoms with van der Waals surface area (Å²) in [5, 5.41) is 8.68. The molecule has 0 aliphatic carbocycles. The number of hydrogen-bond donors (Lipinski definition) is 3. The predicted octanol–water partition coefficient (Wildman–Crippen LogP) is 2.17. The number of amides is 1. The first kappa shape index (κ1) is 15.5. The first-order valence-electron chi connectivity index (χ1n) is 7.07. The minimum Gasteiger partial charge on any atom is -0.352 e. The van der Waals surface area contributed by atoms with Crippen molar-refractivity contribution in [3.05, 3.63) is 22.4 Å². The number of nitrogens with one attached hydrogen (secondary N) is 2. The topological polar surface area (TPSA) is 67.2 Å². The quantitative estimate of drug-likeness (QED) is 0.800. The summed E-state index contributed by atoms with van der Waals surface area (Å²) in [5.41, 5.74) is 6.06. The third-order valence-corrected chi connectivity index (χ3v) is 4.62. The SMILES string of the molecule is CC1(C)CC(NC(=O)C(N)c2cccs2)CC(C)(C)N1. The molecule has 0 aromatic carbocycles. The normalized spacial score (nSPS) is 23.2. The standard InChI is InChI=1S/C15H25N3OS/c1-14(2)8-10(9-15(3,4)18-14)17-13(19)12(16)11-6-5-7-20-11/h5-7,10,12,18H,8-9,16H2,1-4H3,(H,17,19). The molecule has 4 nitrogen and oxygen atoms in total. The Hall–Kier alpha value is -0.910. The Morgan fingerprint density at radius 3 is 2.50 bits per heavy atom. The van der Waals surface area contributed by atoms with Crippen LogP contribution >= 0.6 is 11.3 Å². The lowest BCUT2D eigenvalue weighted by molar-refractivity contribution is -0.123. The number of nitrogens with two attached hydrogens (primary N) is 1. The highest BCUT2D eigenvalue weighted by Crippen LogP contribution is 2.29. The van der Waals surface area contributed by atoms with Crippen LogP contribution < -0.4 is 16.4 Å². The maximum atomic E-state index is 12.3. The average molecular weight is 295 g/mol. The van der Waals surface area contributed by atoms with Gasteiger partial charge in [0.2, 0.25) is 5.91 Å². The van der Waals surface area contributed by atoms with Crippen LogP contribution in [0, 0.1) is 0 Å². The second-order valence-corrected chi connectivity index (χ2v) is 7.98. The minimum atomic E-state index is -0.559. The van der Waals surface area contributed by atoms with Crippen molar-refractivity contribution < 1.29 is 4.79 Å². The van der Waals surface area contributed by atoms with E-state index in [-0.39, 0.29) is 23.0 Å². The molecule has 1 aliphatic heterocycles. The van der Waals surface area contributed by atoms with E-state index < -0.39 is 6.04 Å². The Kier molecular flexibility index (Phi) is 4.23. The lowest BCUT2D eigenvalue weighted by Gasteiger charge is -2.46. The summed E-state index contributed by atoms with van der Waals surface area (Å²) in [4.78, 5) is 13.2. The van der Waals surface area contributed by atoms with E-state index in [1.54, 1.807) is 0 Å². The molecule has 1 fully saturated rings. The molecule has 5 heteroatoms. The molecule has 1 aromatic rings. The van der Waals surface area contributed by atoms with Gasteiger partial charge in [0.05, 0.1) is 0 Å². The summed E-state index contributed by atoms with van der Waals surface area (Å²) in [6.45, 7) is 8.69. The number of carbonyl (C=O) groups excluding carboxylic acids is 1. The minimum absolute atomic E-state index is 0.0206. The van der Waals surface area contributed by atoms with Crippen molar-refractivity contribution >= 4 is 17.2 Å². The molecule has 0 spiro atoms. The van der Waals surface area contributed by atoms with Gasteiger partial charge in [0.25, 0.3) is 0 Å². The van der Waals surface area contributed by atoms with E-state index in [1.807, 2.05) is 17.5 Å². The zero-order chi connectivity index (χ0) is 15.0. The van der Waals surface area contributed by atoms with E-state index in [4.69, 9.17) is 5.73 Å². The third-order valence-electron chi connectivity index (χ3n) is 3.67. The van der Waals surface area contributed by atoms with Gasteiger partial charge in [-0.1, -0.05) is 6.07 Å². The van der Waals surface area contributed by atoms with Crippen LogP contribution in [-0.4, -0.2) is 23.0 Å². The van der Waals surface area contributed by atoms with E-state index in [1.165, 1.54) is 11.3 Å². The Labute approximate surface area is 125 Å². The molecule has 4 N–H and O–H groups in total. The van der Waals surface area contributed by atoms with E-state index in [2.05, 4.69) is 38.3 Å². The monoisotopic (exact) mass is 295 g/mol. The summed E-state index contributed by atoms with van der Waals surface area (Å²) < 4.78 is 0. The van der Waals surface area contributed by atoms with E-state index in [0.29, 0.717) is 0 Å². The van der Waals surface area contributed by atoms with Gasteiger partial charge in [-0.05, 0) is 52.0 Å². The van der Waals surface area contributed by atoms with Gasteiger partial charge in [-0.15, -0.1) is 11.3 Å². The Balaban J connectivity index is 2.00. The van der Waals surface area contributed by atoms with E-state index in [9.17, 15) is 4.79 Å². The summed E-state index contributed by atoms with van der Waals surface area (Å²) in [6.07, 6.45) is 1.83. The summed E-state index contributed by atoms with van der Waals surface area (Å²) >= 11 is 1.52. The van der Waals surface area contributed by atoms with E-state index in [0.717, 1.165) is 17.7 Å². The molecule has 0 radical (unpaired) electrons. The molecule has 112 valence electrons. The first-order chi connectivity index (χ1) is 9.19. The third kappa shape index (κ3) is 3.81. The van der Waals surface area contributed by atoms with Gasteiger partial charge in [0.1, 0.15) is 6.04 Å². The van der Waals surface area contributed by atoms with Crippen LogP contribution in [0.4, 0.5) is 0 Å². The zero-order valence-corrected chi connectivity index (χ0v) is 13.5. The summed E-state index contributed by atoms with van der Waals surface area (Å²) in [7, 11) is 0. The molecular weight excluding hydrogens is 270 g/mol.